The highest BCUT2D eigenvalue weighted by atomic mass is 15.2. The highest BCUT2D eigenvalue weighted by molar-refractivity contribution is 6.16. The van der Waals surface area contributed by atoms with E-state index in [4.69, 9.17) is 15.0 Å². The van der Waals surface area contributed by atoms with Gasteiger partial charge in [0, 0.05) is 49.3 Å². The van der Waals surface area contributed by atoms with Crippen molar-refractivity contribution in [2.45, 2.75) is 19.3 Å². The van der Waals surface area contributed by atoms with Gasteiger partial charge in [-0.15, -0.1) is 0 Å². The maximum absolute atomic E-state index is 5.32. The molecule has 0 saturated heterocycles. The summed E-state index contributed by atoms with van der Waals surface area (Å²) in [6.45, 7) is 4.67. The SMILES string of the molecule is CC1(C)c2ccccc2-c2c1ccc1c3ccc(-n4c5ccccc5c5ccccc54)cc3n(-c3nc(-c4ccccc4)nc(-c4ccccc4)n3)c21. The van der Waals surface area contributed by atoms with E-state index in [9.17, 15) is 0 Å². The Balaban J connectivity index is 1.30. The maximum atomic E-state index is 5.32. The van der Waals surface area contributed by atoms with Crippen LogP contribution < -0.4 is 0 Å². The molecule has 0 bridgehead atoms. The second-order valence-corrected chi connectivity index (χ2v) is 14.5. The number of para-hydroxylation sites is 2. The first-order valence-electron chi connectivity index (χ1n) is 18.1. The second kappa shape index (κ2) is 11.1. The minimum Gasteiger partial charge on any atom is -0.309 e. The molecular weight excluding hydrogens is 647 g/mol. The van der Waals surface area contributed by atoms with Crippen molar-refractivity contribution in [1.29, 1.82) is 0 Å². The van der Waals surface area contributed by atoms with Crippen LogP contribution in [0.5, 0.6) is 0 Å². The highest BCUT2D eigenvalue weighted by Gasteiger charge is 2.38. The molecule has 0 spiro atoms. The van der Waals surface area contributed by atoms with Crippen molar-refractivity contribution in [1.82, 2.24) is 24.1 Å². The molecule has 0 radical (unpaired) electrons. The Morgan fingerprint density at radius 2 is 0.981 bits per heavy atom. The molecule has 3 heterocycles. The molecule has 5 heteroatoms. The lowest BCUT2D eigenvalue weighted by atomic mass is 9.82. The van der Waals surface area contributed by atoms with Gasteiger partial charge in [0.25, 0.3) is 0 Å². The van der Waals surface area contributed by atoms with Crippen molar-refractivity contribution in [3.05, 3.63) is 175 Å². The normalized spacial score (nSPS) is 13.2. The number of nitrogens with zero attached hydrogens (tertiary/aromatic N) is 5. The van der Waals surface area contributed by atoms with Crippen LogP contribution in [-0.4, -0.2) is 24.1 Å². The molecule has 1 aliphatic rings. The van der Waals surface area contributed by atoms with Crippen molar-refractivity contribution in [2.24, 2.45) is 0 Å². The van der Waals surface area contributed by atoms with E-state index in [1.807, 2.05) is 36.4 Å². The van der Waals surface area contributed by atoms with Crippen LogP contribution in [0.3, 0.4) is 0 Å². The van der Waals surface area contributed by atoms with E-state index in [2.05, 4.69) is 150 Å². The quantitative estimate of drug-likeness (QED) is 0.186. The van der Waals surface area contributed by atoms with E-state index in [1.54, 1.807) is 0 Å². The lowest BCUT2D eigenvalue weighted by Crippen LogP contribution is -2.14. The lowest BCUT2D eigenvalue weighted by molar-refractivity contribution is 0.660. The summed E-state index contributed by atoms with van der Waals surface area (Å²) in [5.41, 5.74) is 12.4. The molecule has 11 rings (SSSR count). The predicted molar refractivity (Wildman–Crippen MR) is 217 cm³/mol. The largest absolute Gasteiger partial charge is 0.309 e. The van der Waals surface area contributed by atoms with Gasteiger partial charge < -0.3 is 4.57 Å². The van der Waals surface area contributed by atoms with Gasteiger partial charge in [-0.3, -0.25) is 4.57 Å². The second-order valence-electron chi connectivity index (χ2n) is 14.5. The number of fused-ring (bicyclic) bond motifs is 10. The van der Waals surface area contributed by atoms with Crippen LogP contribution in [-0.2, 0) is 5.41 Å². The summed E-state index contributed by atoms with van der Waals surface area (Å²) in [7, 11) is 0. The number of hydrogen-bond donors (Lipinski definition) is 0. The molecule has 0 saturated carbocycles. The molecule has 0 aliphatic heterocycles. The van der Waals surface area contributed by atoms with Crippen molar-refractivity contribution in [2.75, 3.05) is 0 Å². The van der Waals surface area contributed by atoms with Crippen LogP contribution in [0, 0.1) is 0 Å². The fourth-order valence-corrected chi connectivity index (χ4v) is 8.72. The number of aromatic nitrogens is 5. The van der Waals surface area contributed by atoms with E-state index in [-0.39, 0.29) is 5.41 Å². The molecule has 250 valence electrons. The molecule has 0 amide bonds. The van der Waals surface area contributed by atoms with Gasteiger partial charge in [-0.05, 0) is 41.0 Å². The Labute approximate surface area is 306 Å². The average Bonchev–Trinajstić information content (AvgIpc) is 3.81. The fourth-order valence-electron chi connectivity index (χ4n) is 8.72. The smallest absolute Gasteiger partial charge is 0.238 e. The number of benzene rings is 7. The third-order valence-corrected chi connectivity index (χ3v) is 11.2. The zero-order valence-corrected chi connectivity index (χ0v) is 29.3. The van der Waals surface area contributed by atoms with Crippen LogP contribution in [0.4, 0.5) is 0 Å². The van der Waals surface area contributed by atoms with Gasteiger partial charge in [-0.1, -0.05) is 153 Å². The van der Waals surface area contributed by atoms with Gasteiger partial charge in [0.15, 0.2) is 11.6 Å². The first kappa shape index (κ1) is 29.8. The van der Waals surface area contributed by atoms with E-state index < -0.39 is 0 Å². The Bertz CT molecular complexity index is 2970. The minimum absolute atomic E-state index is 0.168. The maximum Gasteiger partial charge on any atom is 0.238 e. The fraction of sp³-hybridized carbons (Fsp3) is 0.0625. The summed E-state index contributed by atoms with van der Waals surface area (Å²) in [6, 6.07) is 58.1. The standard InChI is InChI=1S/C48H33N5/c1-48(2)38-22-12-9-21-37(38)43-39(48)28-27-36-35-26-25-32(52-40-23-13-10-19-33(40)34-20-11-14-24-41(34)52)29-42(35)53(44(36)43)47-50-45(30-15-5-3-6-16-30)49-46(51-47)31-17-7-4-8-18-31/h3-29H,1-2H3. The zero-order valence-electron chi connectivity index (χ0n) is 29.3. The molecule has 3 aromatic heterocycles. The number of rotatable bonds is 4. The van der Waals surface area contributed by atoms with E-state index in [0.29, 0.717) is 17.6 Å². The average molecular weight is 680 g/mol. The molecular formula is C48H33N5. The molecule has 7 aromatic carbocycles. The Kier molecular flexibility index (Phi) is 6.23. The van der Waals surface area contributed by atoms with Crippen LogP contribution in [0.2, 0.25) is 0 Å². The summed E-state index contributed by atoms with van der Waals surface area (Å²) in [5.74, 6) is 1.86. The topological polar surface area (TPSA) is 48.5 Å². The Morgan fingerprint density at radius 1 is 0.434 bits per heavy atom. The first-order valence-corrected chi connectivity index (χ1v) is 18.1. The van der Waals surface area contributed by atoms with E-state index in [1.165, 1.54) is 49.4 Å². The molecule has 5 nitrogen and oxygen atoms in total. The van der Waals surface area contributed by atoms with Crippen molar-refractivity contribution < 1.29 is 0 Å². The lowest BCUT2D eigenvalue weighted by Gasteiger charge is -2.21. The van der Waals surface area contributed by atoms with Crippen LogP contribution in [0.15, 0.2) is 164 Å². The summed E-state index contributed by atoms with van der Waals surface area (Å²) < 4.78 is 4.69. The highest BCUT2D eigenvalue weighted by Crippen LogP contribution is 2.53. The Hall–Kier alpha value is -6.85. The summed E-state index contributed by atoms with van der Waals surface area (Å²) in [4.78, 5) is 15.7. The predicted octanol–water partition coefficient (Wildman–Crippen LogP) is 11.7. The number of hydrogen-bond acceptors (Lipinski definition) is 3. The molecule has 10 aromatic rings. The van der Waals surface area contributed by atoms with E-state index >= 15 is 0 Å². The molecule has 1 aliphatic carbocycles. The zero-order chi connectivity index (χ0) is 35.3. The van der Waals surface area contributed by atoms with Crippen LogP contribution in [0.1, 0.15) is 25.0 Å². The summed E-state index contributed by atoms with van der Waals surface area (Å²) >= 11 is 0. The summed E-state index contributed by atoms with van der Waals surface area (Å²) in [6.07, 6.45) is 0. The Morgan fingerprint density at radius 3 is 1.64 bits per heavy atom. The van der Waals surface area contributed by atoms with Crippen molar-refractivity contribution >= 4 is 43.6 Å². The van der Waals surface area contributed by atoms with Gasteiger partial charge in [-0.2, -0.15) is 9.97 Å². The van der Waals surface area contributed by atoms with Gasteiger partial charge in [0.1, 0.15) is 0 Å². The first-order chi connectivity index (χ1) is 26.1. The van der Waals surface area contributed by atoms with Gasteiger partial charge in [0.05, 0.1) is 22.1 Å². The van der Waals surface area contributed by atoms with Gasteiger partial charge >= 0.3 is 0 Å². The third-order valence-electron chi connectivity index (χ3n) is 11.2. The van der Waals surface area contributed by atoms with Gasteiger partial charge in [-0.25, -0.2) is 4.98 Å². The van der Waals surface area contributed by atoms with Crippen molar-refractivity contribution in [3.8, 4) is 45.5 Å². The van der Waals surface area contributed by atoms with Gasteiger partial charge in [0.2, 0.25) is 5.95 Å². The van der Waals surface area contributed by atoms with Crippen LogP contribution in [0.25, 0.3) is 89.2 Å². The van der Waals surface area contributed by atoms with Crippen molar-refractivity contribution in [3.63, 3.8) is 0 Å². The molecule has 53 heavy (non-hydrogen) atoms. The molecule has 0 unspecified atom stereocenters. The van der Waals surface area contributed by atoms with E-state index in [0.717, 1.165) is 33.2 Å². The summed E-state index contributed by atoms with van der Waals surface area (Å²) in [5, 5.41) is 4.79. The minimum atomic E-state index is -0.168. The molecule has 0 atom stereocenters. The molecule has 0 fully saturated rings. The monoisotopic (exact) mass is 679 g/mol. The molecule has 0 N–H and O–H groups in total. The third kappa shape index (κ3) is 4.28. The van der Waals surface area contributed by atoms with Crippen LogP contribution >= 0.6 is 0 Å².